The van der Waals surface area contributed by atoms with E-state index < -0.39 is 0 Å². The Hall–Kier alpha value is -0.370. The second kappa shape index (κ2) is 4.23. The van der Waals surface area contributed by atoms with E-state index in [4.69, 9.17) is 0 Å². The van der Waals surface area contributed by atoms with Crippen molar-refractivity contribution in [1.82, 2.24) is 4.90 Å². The zero-order chi connectivity index (χ0) is 9.90. The molecule has 0 aromatic carbocycles. The Morgan fingerprint density at radius 3 is 2.62 bits per heavy atom. The van der Waals surface area contributed by atoms with Crippen LogP contribution in [0.25, 0.3) is 0 Å². The van der Waals surface area contributed by atoms with Gasteiger partial charge in [-0.25, -0.2) is 0 Å². The first-order valence-electron chi connectivity index (χ1n) is 5.36. The third-order valence-corrected chi connectivity index (χ3v) is 3.41. The largest absolute Gasteiger partial charge is 0.298 e. The van der Waals surface area contributed by atoms with E-state index in [-0.39, 0.29) is 5.54 Å². The lowest BCUT2D eigenvalue weighted by Gasteiger charge is -2.33. The number of unbranched alkanes of at least 4 members (excludes halogenated alkanes) is 1. The van der Waals surface area contributed by atoms with Gasteiger partial charge in [0.05, 0.1) is 5.54 Å². The number of carbonyl (C=O) groups is 1. The lowest BCUT2D eigenvalue weighted by Crippen LogP contribution is -2.47. The molecule has 1 unspecified atom stereocenters. The number of likely N-dealkylation sites (tertiary alicyclic amines) is 1. The number of rotatable bonds is 4. The Morgan fingerprint density at radius 1 is 1.54 bits per heavy atom. The number of nitrogens with zero attached hydrogens (tertiary/aromatic N) is 1. The molecule has 2 heteroatoms. The molecule has 0 saturated carbocycles. The molecule has 0 aromatic rings. The first-order valence-corrected chi connectivity index (χ1v) is 5.36. The van der Waals surface area contributed by atoms with Crippen molar-refractivity contribution in [1.29, 1.82) is 0 Å². The molecule has 0 aromatic heterocycles. The third-order valence-electron chi connectivity index (χ3n) is 3.41. The number of hydrogen-bond donors (Lipinski definition) is 0. The van der Waals surface area contributed by atoms with E-state index >= 15 is 0 Å². The Balaban J connectivity index is 2.68. The molecule has 0 bridgehead atoms. The molecule has 1 rings (SSSR count). The van der Waals surface area contributed by atoms with Crippen LogP contribution in [0.1, 0.15) is 46.0 Å². The highest BCUT2D eigenvalue weighted by molar-refractivity contribution is 5.86. The van der Waals surface area contributed by atoms with Gasteiger partial charge in [0, 0.05) is 0 Å². The van der Waals surface area contributed by atoms with Gasteiger partial charge in [0.25, 0.3) is 0 Å². The summed E-state index contributed by atoms with van der Waals surface area (Å²) in [5.41, 5.74) is -0.101. The van der Waals surface area contributed by atoms with Gasteiger partial charge in [0.1, 0.15) is 5.78 Å². The van der Waals surface area contributed by atoms with Crippen LogP contribution in [0, 0.1) is 0 Å². The fraction of sp³-hybridized carbons (Fsp3) is 0.909. The van der Waals surface area contributed by atoms with Crippen LogP contribution >= 0.6 is 0 Å². The molecule has 1 aliphatic heterocycles. The van der Waals surface area contributed by atoms with Crippen LogP contribution in [0.4, 0.5) is 0 Å². The van der Waals surface area contributed by atoms with Gasteiger partial charge in [-0.3, -0.25) is 9.69 Å². The molecule has 0 N–H and O–H groups in total. The second-order valence-electron chi connectivity index (χ2n) is 4.22. The maximum atomic E-state index is 11.6. The van der Waals surface area contributed by atoms with Crippen molar-refractivity contribution < 1.29 is 4.79 Å². The van der Waals surface area contributed by atoms with Gasteiger partial charge >= 0.3 is 0 Å². The van der Waals surface area contributed by atoms with Crippen molar-refractivity contribution in [2.45, 2.75) is 51.5 Å². The summed E-state index contributed by atoms with van der Waals surface area (Å²) < 4.78 is 0. The SMILES string of the molecule is CCCCC1(C(C)=O)CCCN1C. The normalized spacial score (nSPS) is 29.5. The van der Waals surface area contributed by atoms with E-state index in [1.807, 2.05) is 0 Å². The van der Waals surface area contributed by atoms with Crippen LogP contribution in [0.2, 0.25) is 0 Å². The van der Waals surface area contributed by atoms with Gasteiger partial charge in [0.15, 0.2) is 0 Å². The van der Waals surface area contributed by atoms with Gasteiger partial charge in [-0.15, -0.1) is 0 Å². The van der Waals surface area contributed by atoms with Crippen LogP contribution in [-0.2, 0) is 4.79 Å². The molecule has 0 amide bonds. The third kappa shape index (κ3) is 1.93. The summed E-state index contributed by atoms with van der Waals surface area (Å²) in [4.78, 5) is 13.9. The summed E-state index contributed by atoms with van der Waals surface area (Å²) in [6, 6.07) is 0. The number of Topliss-reactive ketones (excluding diaryl/α,β-unsaturated/α-hetero) is 1. The van der Waals surface area contributed by atoms with E-state index in [9.17, 15) is 4.79 Å². The molecule has 0 aliphatic carbocycles. The molecule has 1 heterocycles. The molecular weight excluding hydrogens is 162 g/mol. The fourth-order valence-electron chi connectivity index (χ4n) is 2.42. The topological polar surface area (TPSA) is 20.3 Å². The van der Waals surface area contributed by atoms with E-state index in [1.165, 1.54) is 19.3 Å². The predicted octanol–water partition coefficient (Wildman–Crippen LogP) is 2.23. The Morgan fingerprint density at radius 2 is 2.23 bits per heavy atom. The van der Waals surface area contributed by atoms with Gasteiger partial charge in [-0.1, -0.05) is 19.8 Å². The zero-order valence-electron chi connectivity index (χ0n) is 9.10. The lowest BCUT2D eigenvalue weighted by molar-refractivity contribution is -0.127. The molecule has 1 saturated heterocycles. The molecule has 1 aliphatic rings. The van der Waals surface area contributed by atoms with E-state index in [0.717, 1.165) is 19.4 Å². The Kier molecular flexibility index (Phi) is 3.48. The number of likely N-dealkylation sites (N-methyl/N-ethyl adjacent to an activating group) is 1. The first-order chi connectivity index (χ1) is 6.13. The minimum absolute atomic E-state index is 0.101. The summed E-state index contributed by atoms with van der Waals surface area (Å²) in [7, 11) is 2.09. The highest BCUT2D eigenvalue weighted by atomic mass is 16.1. The van der Waals surface area contributed by atoms with Crippen LogP contribution in [0.5, 0.6) is 0 Å². The Labute approximate surface area is 81.3 Å². The minimum Gasteiger partial charge on any atom is -0.298 e. The maximum absolute atomic E-state index is 11.6. The average Bonchev–Trinajstić information content (AvgIpc) is 2.45. The van der Waals surface area contributed by atoms with Crippen LogP contribution in [0.15, 0.2) is 0 Å². The van der Waals surface area contributed by atoms with Crippen molar-refractivity contribution in [2.75, 3.05) is 13.6 Å². The van der Waals surface area contributed by atoms with Crippen molar-refractivity contribution in [2.24, 2.45) is 0 Å². The molecule has 0 spiro atoms. The van der Waals surface area contributed by atoms with Gasteiger partial charge in [-0.05, 0) is 39.8 Å². The lowest BCUT2D eigenvalue weighted by atomic mass is 9.86. The summed E-state index contributed by atoms with van der Waals surface area (Å²) >= 11 is 0. The Bertz CT molecular complexity index is 191. The highest BCUT2D eigenvalue weighted by Crippen LogP contribution is 2.33. The zero-order valence-corrected chi connectivity index (χ0v) is 9.10. The summed E-state index contributed by atoms with van der Waals surface area (Å²) in [5, 5.41) is 0. The van der Waals surface area contributed by atoms with Crippen molar-refractivity contribution in [3.05, 3.63) is 0 Å². The molecule has 13 heavy (non-hydrogen) atoms. The van der Waals surface area contributed by atoms with Crippen molar-refractivity contribution in [3.63, 3.8) is 0 Å². The number of ketones is 1. The van der Waals surface area contributed by atoms with Crippen LogP contribution < -0.4 is 0 Å². The molecule has 1 atom stereocenters. The van der Waals surface area contributed by atoms with E-state index in [2.05, 4.69) is 18.9 Å². The van der Waals surface area contributed by atoms with Crippen LogP contribution in [0.3, 0.4) is 0 Å². The summed E-state index contributed by atoms with van der Waals surface area (Å²) in [5.74, 6) is 0.362. The van der Waals surface area contributed by atoms with Crippen molar-refractivity contribution >= 4 is 5.78 Å². The van der Waals surface area contributed by atoms with E-state index in [0.29, 0.717) is 5.78 Å². The van der Waals surface area contributed by atoms with Crippen molar-refractivity contribution in [3.8, 4) is 0 Å². The fourth-order valence-corrected chi connectivity index (χ4v) is 2.42. The smallest absolute Gasteiger partial charge is 0.150 e. The standard InChI is InChI=1S/C11H21NO/c1-4-5-7-11(10(2)13)8-6-9-12(11)3/h4-9H2,1-3H3. The molecule has 2 nitrogen and oxygen atoms in total. The molecular formula is C11H21NO. The number of hydrogen-bond acceptors (Lipinski definition) is 2. The summed E-state index contributed by atoms with van der Waals surface area (Å²) in [6.07, 6.45) is 5.65. The monoisotopic (exact) mass is 183 g/mol. The molecule has 76 valence electrons. The number of carbonyl (C=O) groups excluding carboxylic acids is 1. The second-order valence-corrected chi connectivity index (χ2v) is 4.22. The highest BCUT2D eigenvalue weighted by Gasteiger charge is 2.41. The molecule has 1 fully saturated rings. The van der Waals surface area contributed by atoms with E-state index in [1.54, 1.807) is 6.92 Å². The van der Waals surface area contributed by atoms with Crippen LogP contribution in [-0.4, -0.2) is 29.8 Å². The molecule has 0 radical (unpaired) electrons. The van der Waals surface area contributed by atoms with Gasteiger partial charge in [0.2, 0.25) is 0 Å². The summed E-state index contributed by atoms with van der Waals surface area (Å²) in [6.45, 7) is 5.02. The quantitative estimate of drug-likeness (QED) is 0.666. The van der Waals surface area contributed by atoms with Gasteiger partial charge < -0.3 is 0 Å². The predicted molar refractivity (Wildman–Crippen MR) is 54.8 cm³/mol. The minimum atomic E-state index is -0.101. The first kappa shape index (κ1) is 10.7. The van der Waals surface area contributed by atoms with Gasteiger partial charge in [-0.2, -0.15) is 0 Å². The maximum Gasteiger partial charge on any atom is 0.150 e. The average molecular weight is 183 g/mol.